The van der Waals surface area contributed by atoms with Gasteiger partial charge in [0, 0.05) is 5.92 Å². The number of thioether (sulfide) groups is 1. The summed E-state index contributed by atoms with van der Waals surface area (Å²) in [6, 6.07) is 7.00. The first kappa shape index (κ1) is 18.1. The Balaban J connectivity index is 1.95. The predicted octanol–water partition coefficient (Wildman–Crippen LogP) is 2.37. The van der Waals surface area contributed by atoms with Crippen molar-refractivity contribution in [3.63, 3.8) is 0 Å². The maximum atomic E-state index is 12.8. The first-order valence-corrected chi connectivity index (χ1v) is 9.00. The van der Waals surface area contributed by atoms with Crippen LogP contribution in [0.3, 0.4) is 0 Å². The molecule has 0 aliphatic heterocycles. The predicted molar refractivity (Wildman–Crippen MR) is 96.0 cm³/mol. The summed E-state index contributed by atoms with van der Waals surface area (Å²) < 4.78 is 11.2. The molecule has 0 fully saturated rings. The van der Waals surface area contributed by atoms with Crippen LogP contribution >= 0.6 is 11.8 Å². The van der Waals surface area contributed by atoms with Crippen molar-refractivity contribution in [2.24, 2.45) is 0 Å². The van der Waals surface area contributed by atoms with Crippen molar-refractivity contribution < 1.29 is 14.1 Å². The summed E-state index contributed by atoms with van der Waals surface area (Å²) in [6.07, 6.45) is 0. The number of benzene rings is 1. The number of rotatable bonds is 6. The number of ether oxygens (including phenoxy) is 1. The fourth-order valence-corrected chi connectivity index (χ4v) is 3.11. The van der Waals surface area contributed by atoms with Crippen LogP contribution in [0.15, 0.2) is 38.7 Å². The molecular formula is C17H18N4O4S. The summed E-state index contributed by atoms with van der Waals surface area (Å²) in [6.45, 7) is 3.73. The first-order valence-electron chi connectivity index (χ1n) is 8.01. The van der Waals surface area contributed by atoms with Gasteiger partial charge in [0.1, 0.15) is 6.54 Å². The van der Waals surface area contributed by atoms with E-state index in [4.69, 9.17) is 9.26 Å². The van der Waals surface area contributed by atoms with Crippen LogP contribution in [0.25, 0.3) is 10.9 Å². The van der Waals surface area contributed by atoms with Crippen LogP contribution in [0, 0.1) is 0 Å². The molecule has 3 aromatic rings. The van der Waals surface area contributed by atoms with Crippen molar-refractivity contribution in [2.45, 2.75) is 37.2 Å². The molecule has 0 N–H and O–H groups in total. The molecule has 136 valence electrons. The lowest BCUT2D eigenvalue weighted by Crippen LogP contribution is -2.27. The molecule has 0 unspecified atom stereocenters. The second-order valence-electron chi connectivity index (χ2n) is 5.87. The minimum atomic E-state index is -0.522. The minimum Gasteiger partial charge on any atom is -0.468 e. The third-order valence-corrected chi connectivity index (χ3v) is 4.63. The van der Waals surface area contributed by atoms with E-state index < -0.39 is 5.97 Å². The van der Waals surface area contributed by atoms with Crippen LogP contribution in [0.4, 0.5) is 0 Å². The molecule has 0 bridgehead atoms. The Morgan fingerprint density at radius 2 is 2.08 bits per heavy atom. The second-order valence-corrected chi connectivity index (χ2v) is 6.81. The number of para-hydroxylation sites is 1. The molecule has 0 saturated heterocycles. The monoisotopic (exact) mass is 374 g/mol. The van der Waals surface area contributed by atoms with Crippen molar-refractivity contribution >= 4 is 28.6 Å². The molecule has 26 heavy (non-hydrogen) atoms. The summed E-state index contributed by atoms with van der Waals surface area (Å²) in [5.41, 5.74) is 0.270. The van der Waals surface area contributed by atoms with E-state index in [0.29, 0.717) is 33.5 Å². The van der Waals surface area contributed by atoms with Crippen molar-refractivity contribution in [1.82, 2.24) is 19.7 Å². The third kappa shape index (κ3) is 3.77. The quantitative estimate of drug-likeness (QED) is 0.368. The van der Waals surface area contributed by atoms with Gasteiger partial charge in [0.25, 0.3) is 5.56 Å². The fraction of sp³-hybridized carbons (Fsp3) is 0.353. The number of nitrogens with zero attached hydrogens (tertiary/aromatic N) is 4. The average Bonchev–Trinajstić information content (AvgIpc) is 3.12. The molecule has 2 aromatic heterocycles. The number of methoxy groups -OCH3 is 1. The van der Waals surface area contributed by atoms with Gasteiger partial charge in [-0.3, -0.25) is 14.2 Å². The summed E-state index contributed by atoms with van der Waals surface area (Å²) >= 11 is 1.25. The number of aromatic nitrogens is 4. The van der Waals surface area contributed by atoms with Crippen LogP contribution in [-0.4, -0.2) is 32.8 Å². The SMILES string of the molecule is COC(=O)Cn1c(SCc2nc(C(C)C)no2)nc2ccccc2c1=O. The van der Waals surface area contributed by atoms with Gasteiger partial charge < -0.3 is 9.26 Å². The van der Waals surface area contributed by atoms with Gasteiger partial charge in [-0.05, 0) is 12.1 Å². The highest BCUT2D eigenvalue weighted by molar-refractivity contribution is 7.98. The van der Waals surface area contributed by atoms with Crippen molar-refractivity contribution in [1.29, 1.82) is 0 Å². The zero-order valence-electron chi connectivity index (χ0n) is 14.6. The van der Waals surface area contributed by atoms with Crippen LogP contribution in [-0.2, 0) is 21.8 Å². The average molecular weight is 374 g/mol. The molecule has 0 amide bonds. The Morgan fingerprint density at radius 3 is 2.77 bits per heavy atom. The largest absolute Gasteiger partial charge is 0.468 e. The van der Waals surface area contributed by atoms with E-state index in [1.54, 1.807) is 24.3 Å². The molecule has 8 nitrogen and oxygen atoms in total. The highest BCUT2D eigenvalue weighted by atomic mass is 32.2. The van der Waals surface area contributed by atoms with Gasteiger partial charge in [-0.25, -0.2) is 4.98 Å². The van der Waals surface area contributed by atoms with Crippen LogP contribution in [0.5, 0.6) is 0 Å². The molecule has 9 heteroatoms. The molecule has 0 saturated carbocycles. The smallest absolute Gasteiger partial charge is 0.325 e. The number of esters is 1. The Hall–Kier alpha value is -2.68. The lowest BCUT2D eigenvalue weighted by atomic mass is 10.2. The lowest BCUT2D eigenvalue weighted by molar-refractivity contribution is -0.141. The topological polar surface area (TPSA) is 100 Å². The van der Waals surface area contributed by atoms with Gasteiger partial charge >= 0.3 is 5.97 Å². The van der Waals surface area contributed by atoms with E-state index >= 15 is 0 Å². The van der Waals surface area contributed by atoms with Crippen molar-refractivity contribution in [3.8, 4) is 0 Å². The van der Waals surface area contributed by atoms with Crippen LogP contribution in [0.1, 0.15) is 31.5 Å². The first-order chi connectivity index (χ1) is 12.5. The number of carbonyl (C=O) groups is 1. The Kier molecular flexibility index (Phi) is 5.36. The molecule has 0 aliphatic rings. The van der Waals surface area contributed by atoms with Gasteiger partial charge in [0.2, 0.25) is 5.89 Å². The summed E-state index contributed by atoms with van der Waals surface area (Å²) in [4.78, 5) is 33.3. The number of hydrogen-bond acceptors (Lipinski definition) is 8. The van der Waals surface area contributed by atoms with Crippen LogP contribution in [0.2, 0.25) is 0 Å². The van der Waals surface area contributed by atoms with E-state index in [2.05, 4.69) is 15.1 Å². The Bertz CT molecular complexity index is 996. The Morgan fingerprint density at radius 1 is 1.31 bits per heavy atom. The zero-order valence-corrected chi connectivity index (χ0v) is 15.4. The lowest BCUT2D eigenvalue weighted by Gasteiger charge is -2.11. The highest BCUT2D eigenvalue weighted by Crippen LogP contribution is 2.22. The van der Waals surface area contributed by atoms with Crippen molar-refractivity contribution in [3.05, 3.63) is 46.3 Å². The van der Waals surface area contributed by atoms with E-state index in [9.17, 15) is 9.59 Å². The van der Waals surface area contributed by atoms with E-state index in [0.717, 1.165) is 0 Å². The maximum absolute atomic E-state index is 12.8. The van der Waals surface area contributed by atoms with Gasteiger partial charge in [-0.2, -0.15) is 4.98 Å². The standard InChI is InChI=1S/C17H18N4O4S/c1-10(2)15-19-13(25-20-15)9-26-17-18-12-7-5-4-6-11(12)16(23)21(17)8-14(22)24-3/h4-7,10H,8-9H2,1-3H3. The minimum absolute atomic E-state index is 0.161. The molecule has 0 atom stereocenters. The highest BCUT2D eigenvalue weighted by Gasteiger charge is 2.16. The molecule has 2 heterocycles. The molecule has 0 spiro atoms. The molecule has 0 aliphatic carbocycles. The van der Waals surface area contributed by atoms with Crippen molar-refractivity contribution in [2.75, 3.05) is 7.11 Å². The molecule has 3 rings (SSSR count). The number of hydrogen-bond donors (Lipinski definition) is 0. The summed E-state index contributed by atoms with van der Waals surface area (Å²) in [5, 5.41) is 4.75. The van der Waals surface area contributed by atoms with Gasteiger partial charge in [0.15, 0.2) is 11.0 Å². The third-order valence-electron chi connectivity index (χ3n) is 3.67. The van der Waals surface area contributed by atoms with Gasteiger partial charge in [-0.1, -0.05) is 42.9 Å². The van der Waals surface area contributed by atoms with Gasteiger partial charge in [-0.15, -0.1) is 0 Å². The summed E-state index contributed by atoms with van der Waals surface area (Å²) in [5.74, 6) is 1.04. The van der Waals surface area contributed by atoms with Gasteiger partial charge in [0.05, 0.1) is 23.8 Å². The van der Waals surface area contributed by atoms with Crippen LogP contribution < -0.4 is 5.56 Å². The second kappa shape index (κ2) is 7.69. The Labute approximate surface area is 153 Å². The molecule has 1 aromatic carbocycles. The number of carbonyl (C=O) groups excluding carboxylic acids is 1. The zero-order chi connectivity index (χ0) is 18.7. The van der Waals surface area contributed by atoms with E-state index in [1.165, 1.54) is 23.4 Å². The fourth-order valence-electron chi connectivity index (χ4n) is 2.28. The number of fused-ring (bicyclic) bond motifs is 1. The van der Waals surface area contributed by atoms with E-state index in [1.807, 2.05) is 13.8 Å². The normalized spacial score (nSPS) is 11.2. The molecular weight excluding hydrogens is 356 g/mol. The van der Waals surface area contributed by atoms with E-state index in [-0.39, 0.29) is 18.0 Å². The molecule has 0 radical (unpaired) electrons. The summed E-state index contributed by atoms with van der Waals surface area (Å²) in [7, 11) is 1.28. The maximum Gasteiger partial charge on any atom is 0.325 e.